The quantitative estimate of drug-likeness (QED) is 0.619. The summed E-state index contributed by atoms with van der Waals surface area (Å²) in [5.74, 6) is -0.466. The van der Waals surface area contributed by atoms with Crippen LogP contribution in [0, 0.1) is 13.8 Å². The maximum absolute atomic E-state index is 11.5. The zero-order valence-corrected chi connectivity index (χ0v) is 12.0. The molecule has 1 saturated heterocycles. The maximum atomic E-state index is 11.5. The number of aryl methyl sites for hydroxylation is 2. The number of carbonyl (C=O) groups is 1. The van der Waals surface area contributed by atoms with E-state index in [9.17, 15) is 13.2 Å². The molecule has 1 aliphatic heterocycles. The fourth-order valence-electron chi connectivity index (χ4n) is 2.49. The highest BCUT2D eigenvalue weighted by atomic mass is 35.7. The Kier molecular flexibility index (Phi) is 2.94. The summed E-state index contributed by atoms with van der Waals surface area (Å²) in [5, 5.41) is 0. The van der Waals surface area contributed by atoms with Gasteiger partial charge in [-0.25, -0.2) is 4.31 Å². The van der Waals surface area contributed by atoms with E-state index in [4.69, 9.17) is 10.7 Å². The third-order valence-corrected chi connectivity index (χ3v) is 4.69. The van der Waals surface area contributed by atoms with Crippen molar-refractivity contribution in [1.82, 2.24) is 4.31 Å². The van der Waals surface area contributed by atoms with E-state index < -0.39 is 20.7 Å². The zero-order valence-electron chi connectivity index (χ0n) is 10.4. The van der Waals surface area contributed by atoms with Crippen LogP contribution in [0.4, 0.5) is 0 Å². The Morgan fingerprint density at radius 2 is 1.72 bits per heavy atom. The number of benzene rings is 1. The fourth-order valence-corrected chi connectivity index (χ4v) is 4.14. The molecule has 4 nitrogen and oxygen atoms in total. The first-order valence-corrected chi connectivity index (χ1v) is 7.78. The van der Waals surface area contributed by atoms with Gasteiger partial charge in [0, 0.05) is 10.7 Å². The van der Waals surface area contributed by atoms with E-state index in [1.165, 1.54) is 0 Å². The van der Waals surface area contributed by atoms with Crippen molar-refractivity contribution in [2.24, 2.45) is 0 Å². The first-order chi connectivity index (χ1) is 8.14. The first kappa shape index (κ1) is 13.4. The van der Waals surface area contributed by atoms with Crippen LogP contribution in [-0.4, -0.2) is 18.6 Å². The lowest BCUT2D eigenvalue weighted by Crippen LogP contribution is -2.60. The largest absolute Gasteiger partial charge is 0.324 e. The summed E-state index contributed by atoms with van der Waals surface area (Å²) in [4.78, 5) is 11.5. The molecule has 0 N–H and O–H groups in total. The molecule has 0 bridgehead atoms. The molecular formula is C12H14ClNO3S. The van der Waals surface area contributed by atoms with Gasteiger partial charge in [0.15, 0.2) is 0 Å². The van der Waals surface area contributed by atoms with Crippen molar-refractivity contribution in [3.63, 3.8) is 0 Å². The molecule has 0 aromatic heterocycles. The van der Waals surface area contributed by atoms with Gasteiger partial charge in [-0.15, -0.1) is 0 Å². The molecule has 1 atom stereocenters. The fraction of sp³-hybridized carbons (Fsp3) is 0.417. The van der Waals surface area contributed by atoms with Crippen LogP contribution < -0.4 is 0 Å². The van der Waals surface area contributed by atoms with E-state index in [2.05, 4.69) is 0 Å². The monoisotopic (exact) mass is 287 g/mol. The van der Waals surface area contributed by atoms with Crippen molar-refractivity contribution in [2.75, 3.05) is 0 Å². The summed E-state index contributed by atoms with van der Waals surface area (Å²) < 4.78 is 23.7. The molecule has 0 aliphatic carbocycles. The number of halogens is 1. The number of hydrogen-bond acceptors (Lipinski definition) is 3. The molecule has 2 rings (SSSR count). The minimum absolute atomic E-state index is 0.155. The summed E-state index contributed by atoms with van der Waals surface area (Å²) in [5.41, 5.74) is 1.98. The van der Waals surface area contributed by atoms with Gasteiger partial charge < -0.3 is 0 Å². The minimum atomic E-state index is -4.04. The Bertz CT molecular complexity index is 606. The Morgan fingerprint density at radius 3 is 2.11 bits per heavy atom. The minimum Gasteiger partial charge on any atom is -0.274 e. The summed E-state index contributed by atoms with van der Waals surface area (Å²) in [6, 6.07) is 5.76. The number of hydrogen-bond donors (Lipinski definition) is 0. The van der Waals surface area contributed by atoms with Gasteiger partial charge in [0.2, 0.25) is 5.91 Å². The van der Waals surface area contributed by atoms with Gasteiger partial charge in [0.05, 0.1) is 12.0 Å². The Morgan fingerprint density at radius 1 is 1.22 bits per heavy atom. The van der Waals surface area contributed by atoms with Gasteiger partial charge in [0.25, 0.3) is 0 Å². The molecule has 0 radical (unpaired) electrons. The Balaban J connectivity index is 2.53. The molecule has 1 aromatic rings. The molecular weight excluding hydrogens is 274 g/mol. The van der Waals surface area contributed by atoms with Gasteiger partial charge in [-0.05, 0) is 26.3 Å². The van der Waals surface area contributed by atoms with Crippen LogP contribution in [0.1, 0.15) is 30.0 Å². The SMILES string of the molecule is Cc1cc(C)cc(C2(C)CC(=O)N2S(=O)(=O)Cl)c1. The molecule has 0 saturated carbocycles. The number of rotatable bonds is 2. The van der Waals surface area contributed by atoms with Crippen LogP contribution >= 0.6 is 10.7 Å². The number of amides is 1. The summed E-state index contributed by atoms with van der Waals surface area (Å²) in [6.45, 7) is 5.57. The van der Waals surface area contributed by atoms with Crippen LogP contribution in [0.5, 0.6) is 0 Å². The van der Waals surface area contributed by atoms with E-state index in [0.717, 1.165) is 21.0 Å². The van der Waals surface area contributed by atoms with Crippen molar-refractivity contribution >= 4 is 25.8 Å². The number of carbonyl (C=O) groups excluding carboxylic acids is 1. The van der Waals surface area contributed by atoms with Gasteiger partial charge in [-0.2, -0.15) is 8.42 Å². The van der Waals surface area contributed by atoms with Gasteiger partial charge in [-0.1, -0.05) is 29.3 Å². The third kappa shape index (κ3) is 2.01. The van der Waals surface area contributed by atoms with Crippen LogP contribution in [0.3, 0.4) is 0 Å². The predicted molar refractivity (Wildman–Crippen MR) is 69.5 cm³/mol. The smallest absolute Gasteiger partial charge is 0.274 e. The highest BCUT2D eigenvalue weighted by Gasteiger charge is 2.54. The predicted octanol–water partition coefficient (Wildman–Crippen LogP) is 2.23. The molecule has 1 amide bonds. The second kappa shape index (κ2) is 3.96. The lowest BCUT2D eigenvalue weighted by molar-refractivity contribution is -0.144. The normalized spacial score (nSPS) is 24.0. The van der Waals surface area contributed by atoms with Crippen molar-refractivity contribution < 1.29 is 13.2 Å². The maximum Gasteiger partial charge on any atom is 0.324 e. The van der Waals surface area contributed by atoms with E-state index in [1.807, 2.05) is 32.0 Å². The molecule has 1 aliphatic rings. The summed E-state index contributed by atoms with van der Waals surface area (Å²) in [7, 11) is 1.28. The lowest BCUT2D eigenvalue weighted by atomic mass is 9.81. The molecule has 1 fully saturated rings. The molecule has 1 aromatic carbocycles. The van der Waals surface area contributed by atoms with Gasteiger partial charge in [-0.3, -0.25) is 4.79 Å². The van der Waals surface area contributed by atoms with Crippen LogP contribution in [0.25, 0.3) is 0 Å². The Labute approximate surface area is 111 Å². The molecule has 98 valence electrons. The standard InChI is InChI=1S/C12H14ClNO3S/c1-8-4-9(2)6-10(5-8)12(3)7-11(15)14(12)18(13,16)17/h4-6H,7H2,1-3H3. The van der Waals surface area contributed by atoms with E-state index in [0.29, 0.717) is 0 Å². The van der Waals surface area contributed by atoms with Crippen molar-refractivity contribution in [3.8, 4) is 0 Å². The average Bonchev–Trinajstić information content (AvgIpc) is 2.11. The van der Waals surface area contributed by atoms with Crippen molar-refractivity contribution in [3.05, 3.63) is 34.9 Å². The lowest BCUT2D eigenvalue weighted by Gasteiger charge is -2.47. The number of β-lactam (4-membered cyclic amide) rings is 1. The van der Waals surface area contributed by atoms with Crippen LogP contribution in [-0.2, 0) is 19.6 Å². The first-order valence-electron chi connectivity index (χ1n) is 5.51. The molecule has 6 heteroatoms. The highest BCUT2D eigenvalue weighted by molar-refractivity contribution is 8.12. The molecule has 0 spiro atoms. The van der Waals surface area contributed by atoms with Crippen molar-refractivity contribution in [1.29, 1.82) is 0 Å². The van der Waals surface area contributed by atoms with Gasteiger partial charge >= 0.3 is 9.24 Å². The van der Waals surface area contributed by atoms with Crippen LogP contribution in [0.2, 0.25) is 0 Å². The topological polar surface area (TPSA) is 54.5 Å². The summed E-state index contributed by atoms with van der Waals surface area (Å²) >= 11 is 0. The second-order valence-electron chi connectivity index (χ2n) is 4.93. The third-order valence-electron chi connectivity index (χ3n) is 3.23. The average molecular weight is 288 g/mol. The molecule has 1 unspecified atom stereocenters. The van der Waals surface area contributed by atoms with E-state index >= 15 is 0 Å². The van der Waals surface area contributed by atoms with E-state index in [-0.39, 0.29) is 6.42 Å². The molecule has 1 heterocycles. The molecule has 18 heavy (non-hydrogen) atoms. The van der Waals surface area contributed by atoms with Crippen LogP contribution in [0.15, 0.2) is 18.2 Å². The van der Waals surface area contributed by atoms with E-state index in [1.54, 1.807) is 6.92 Å². The highest BCUT2D eigenvalue weighted by Crippen LogP contribution is 2.44. The second-order valence-corrected chi connectivity index (χ2v) is 7.29. The van der Waals surface area contributed by atoms with Crippen molar-refractivity contribution in [2.45, 2.75) is 32.7 Å². The van der Waals surface area contributed by atoms with Gasteiger partial charge in [0.1, 0.15) is 0 Å². The summed E-state index contributed by atoms with van der Waals surface area (Å²) in [6.07, 6.45) is 0.155. The zero-order chi connectivity index (χ0) is 13.7. The Hall–Kier alpha value is -1.07. The number of nitrogens with zero attached hydrogens (tertiary/aromatic N) is 1.